The van der Waals surface area contributed by atoms with Gasteiger partial charge in [-0.1, -0.05) is 6.07 Å². The number of nitrogens with zero attached hydrogens (tertiary/aromatic N) is 1. The van der Waals surface area contributed by atoms with E-state index in [0.29, 0.717) is 0 Å². The lowest BCUT2D eigenvalue weighted by Crippen LogP contribution is -2.15. The van der Waals surface area contributed by atoms with Crippen LogP contribution in [0.15, 0.2) is 18.2 Å². The monoisotopic (exact) mass is 239 g/mol. The molecule has 1 aromatic rings. The minimum absolute atomic E-state index is 0.0723. The van der Waals surface area contributed by atoms with Gasteiger partial charge in [-0.25, -0.2) is 4.79 Å². The standard InChI is InChI=1S/C11H13NO5/c1-3-16-11(13)7-17-10-6-8(2)4-5-9(10)12(14)15/h4-6H,3,7H2,1-2H3. The molecule has 6 nitrogen and oxygen atoms in total. The summed E-state index contributed by atoms with van der Waals surface area (Å²) in [5, 5.41) is 10.7. The summed E-state index contributed by atoms with van der Waals surface area (Å²) in [4.78, 5) is 21.2. The highest BCUT2D eigenvalue weighted by Gasteiger charge is 2.16. The third kappa shape index (κ3) is 3.75. The van der Waals surface area contributed by atoms with Gasteiger partial charge in [0.2, 0.25) is 0 Å². The molecule has 0 saturated heterocycles. The molecule has 0 aliphatic heterocycles. The van der Waals surface area contributed by atoms with Crippen LogP contribution in [0.25, 0.3) is 0 Å². The number of nitro benzene ring substituents is 1. The van der Waals surface area contributed by atoms with Crippen molar-refractivity contribution in [2.45, 2.75) is 13.8 Å². The number of benzene rings is 1. The van der Waals surface area contributed by atoms with E-state index in [1.807, 2.05) is 0 Å². The molecule has 1 rings (SSSR count). The van der Waals surface area contributed by atoms with Gasteiger partial charge in [-0.15, -0.1) is 0 Å². The molecular formula is C11H13NO5. The maximum absolute atomic E-state index is 11.1. The molecule has 0 spiro atoms. The summed E-state index contributed by atoms with van der Waals surface area (Å²) in [7, 11) is 0. The summed E-state index contributed by atoms with van der Waals surface area (Å²) >= 11 is 0. The first-order valence-electron chi connectivity index (χ1n) is 5.08. The highest BCUT2D eigenvalue weighted by atomic mass is 16.6. The number of hydrogen-bond donors (Lipinski definition) is 0. The van der Waals surface area contributed by atoms with Crippen molar-refractivity contribution in [2.75, 3.05) is 13.2 Å². The normalized spacial score (nSPS) is 9.76. The van der Waals surface area contributed by atoms with E-state index in [-0.39, 0.29) is 24.7 Å². The summed E-state index contributed by atoms with van der Waals surface area (Å²) in [5.74, 6) is -0.480. The lowest BCUT2D eigenvalue weighted by atomic mass is 10.2. The fourth-order valence-corrected chi connectivity index (χ4v) is 1.23. The third-order valence-electron chi connectivity index (χ3n) is 1.96. The topological polar surface area (TPSA) is 78.7 Å². The van der Waals surface area contributed by atoms with E-state index >= 15 is 0 Å². The van der Waals surface area contributed by atoms with Gasteiger partial charge in [-0.05, 0) is 25.5 Å². The van der Waals surface area contributed by atoms with Gasteiger partial charge in [0.25, 0.3) is 0 Å². The Hall–Kier alpha value is -2.11. The highest BCUT2D eigenvalue weighted by Crippen LogP contribution is 2.27. The van der Waals surface area contributed by atoms with Gasteiger partial charge in [0.1, 0.15) is 0 Å². The zero-order valence-electron chi connectivity index (χ0n) is 9.63. The van der Waals surface area contributed by atoms with Gasteiger partial charge in [0.05, 0.1) is 11.5 Å². The molecule has 0 heterocycles. The summed E-state index contributed by atoms with van der Waals surface area (Å²) in [6, 6.07) is 4.46. The molecule has 0 fully saturated rings. The van der Waals surface area contributed by atoms with Crippen molar-refractivity contribution in [1.82, 2.24) is 0 Å². The van der Waals surface area contributed by atoms with Crippen LogP contribution in [0.1, 0.15) is 12.5 Å². The van der Waals surface area contributed by atoms with Gasteiger partial charge in [-0.2, -0.15) is 0 Å². The molecular weight excluding hydrogens is 226 g/mol. The predicted molar refractivity (Wildman–Crippen MR) is 60.0 cm³/mol. The molecule has 1 aromatic carbocycles. The zero-order chi connectivity index (χ0) is 12.8. The highest BCUT2D eigenvalue weighted by molar-refractivity contribution is 5.71. The molecule has 0 aromatic heterocycles. The van der Waals surface area contributed by atoms with Crippen molar-refractivity contribution in [3.05, 3.63) is 33.9 Å². The van der Waals surface area contributed by atoms with Crippen molar-refractivity contribution < 1.29 is 19.2 Å². The first kappa shape index (κ1) is 13.0. The number of carbonyl (C=O) groups is 1. The van der Waals surface area contributed by atoms with Crippen LogP contribution in [-0.4, -0.2) is 24.1 Å². The number of hydrogen-bond acceptors (Lipinski definition) is 5. The molecule has 0 saturated carbocycles. The van der Waals surface area contributed by atoms with Crippen molar-refractivity contribution in [1.29, 1.82) is 0 Å². The van der Waals surface area contributed by atoms with Gasteiger partial charge < -0.3 is 9.47 Å². The lowest BCUT2D eigenvalue weighted by molar-refractivity contribution is -0.385. The van der Waals surface area contributed by atoms with Crippen molar-refractivity contribution in [3.8, 4) is 5.75 Å². The maximum Gasteiger partial charge on any atom is 0.344 e. The van der Waals surface area contributed by atoms with E-state index in [9.17, 15) is 14.9 Å². The van der Waals surface area contributed by atoms with Crippen LogP contribution >= 0.6 is 0 Å². The third-order valence-corrected chi connectivity index (χ3v) is 1.96. The smallest absolute Gasteiger partial charge is 0.344 e. The molecule has 0 unspecified atom stereocenters. The fraction of sp³-hybridized carbons (Fsp3) is 0.364. The maximum atomic E-state index is 11.1. The number of ether oxygens (including phenoxy) is 2. The Morgan fingerprint density at radius 2 is 2.18 bits per heavy atom. The number of esters is 1. The van der Waals surface area contributed by atoms with Crippen LogP contribution in [0, 0.1) is 17.0 Å². The molecule has 0 bridgehead atoms. The van der Waals surface area contributed by atoms with Gasteiger partial charge >= 0.3 is 11.7 Å². The largest absolute Gasteiger partial charge is 0.475 e. The Morgan fingerprint density at radius 1 is 1.47 bits per heavy atom. The van der Waals surface area contributed by atoms with Crippen molar-refractivity contribution in [3.63, 3.8) is 0 Å². The van der Waals surface area contributed by atoms with Crippen LogP contribution in [-0.2, 0) is 9.53 Å². The lowest BCUT2D eigenvalue weighted by Gasteiger charge is -2.06. The summed E-state index contributed by atoms with van der Waals surface area (Å²) < 4.78 is 9.74. The minimum Gasteiger partial charge on any atom is -0.475 e. The first-order chi connectivity index (χ1) is 8.04. The SMILES string of the molecule is CCOC(=O)COc1cc(C)ccc1[N+](=O)[O-]. The number of nitro groups is 1. The van der Waals surface area contributed by atoms with E-state index < -0.39 is 10.9 Å². The molecule has 17 heavy (non-hydrogen) atoms. The summed E-state index contributed by atoms with van der Waals surface area (Å²) in [5.41, 5.74) is 0.648. The molecule has 92 valence electrons. The number of rotatable bonds is 5. The predicted octanol–water partition coefficient (Wildman–Crippen LogP) is 1.85. The Balaban J connectivity index is 2.78. The molecule has 0 aliphatic carbocycles. The molecule has 0 N–H and O–H groups in total. The molecule has 0 radical (unpaired) electrons. The minimum atomic E-state index is -0.556. The molecule has 0 aliphatic rings. The van der Waals surface area contributed by atoms with Gasteiger partial charge in [0, 0.05) is 6.07 Å². The van der Waals surface area contributed by atoms with Crippen molar-refractivity contribution >= 4 is 11.7 Å². The van der Waals surface area contributed by atoms with Crippen LogP contribution in [0.5, 0.6) is 5.75 Å². The summed E-state index contributed by atoms with van der Waals surface area (Å²) in [6.45, 7) is 3.37. The van der Waals surface area contributed by atoms with E-state index in [0.717, 1.165) is 5.56 Å². The molecule has 6 heteroatoms. The van der Waals surface area contributed by atoms with Crippen LogP contribution < -0.4 is 4.74 Å². The second-order valence-electron chi connectivity index (χ2n) is 3.32. The second-order valence-corrected chi connectivity index (χ2v) is 3.32. The average molecular weight is 239 g/mol. The molecule has 0 atom stereocenters. The molecule has 0 amide bonds. The fourth-order valence-electron chi connectivity index (χ4n) is 1.23. The van der Waals surface area contributed by atoms with E-state index in [1.165, 1.54) is 12.1 Å². The van der Waals surface area contributed by atoms with E-state index in [1.54, 1.807) is 19.9 Å². The summed E-state index contributed by atoms with van der Waals surface area (Å²) in [6.07, 6.45) is 0. The van der Waals surface area contributed by atoms with Gasteiger partial charge in [0.15, 0.2) is 12.4 Å². The Morgan fingerprint density at radius 3 is 2.76 bits per heavy atom. The van der Waals surface area contributed by atoms with Gasteiger partial charge in [-0.3, -0.25) is 10.1 Å². The van der Waals surface area contributed by atoms with Crippen molar-refractivity contribution in [2.24, 2.45) is 0 Å². The van der Waals surface area contributed by atoms with Crippen LogP contribution in [0.3, 0.4) is 0 Å². The van der Waals surface area contributed by atoms with Crippen LogP contribution in [0.4, 0.5) is 5.69 Å². The Bertz CT molecular complexity index is 430. The average Bonchev–Trinajstić information content (AvgIpc) is 2.26. The first-order valence-corrected chi connectivity index (χ1v) is 5.08. The number of carbonyl (C=O) groups excluding carboxylic acids is 1. The van der Waals surface area contributed by atoms with E-state index in [2.05, 4.69) is 4.74 Å². The van der Waals surface area contributed by atoms with Crippen LogP contribution in [0.2, 0.25) is 0 Å². The van der Waals surface area contributed by atoms with E-state index in [4.69, 9.17) is 4.74 Å². The Kier molecular flexibility index (Phi) is 4.45. The second kappa shape index (κ2) is 5.83. The Labute approximate surface area is 98.3 Å². The quantitative estimate of drug-likeness (QED) is 0.445. The zero-order valence-corrected chi connectivity index (χ0v) is 9.63. The number of aryl methyl sites for hydroxylation is 1.